The van der Waals surface area contributed by atoms with Crippen LogP contribution in [-0.2, 0) is 0 Å². The van der Waals surface area contributed by atoms with Gasteiger partial charge in [-0.2, -0.15) is 0 Å². The third-order valence-electron chi connectivity index (χ3n) is 3.05. The fraction of sp³-hybridized carbons (Fsp3) is 0.0714. The van der Waals surface area contributed by atoms with Gasteiger partial charge in [-0.25, -0.2) is 19.2 Å². The molecule has 3 rings (SSSR count). The third kappa shape index (κ3) is 2.31. The largest absolute Gasteiger partial charge is 0.477 e. The van der Waals surface area contributed by atoms with Crippen LogP contribution in [0, 0.1) is 12.7 Å². The number of nitrogens with one attached hydrogen (secondary N) is 1. The zero-order valence-electron chi connectivity index (χ0n) is 10.9. The van der Waals surface area contributed by atoms with Crippen molar-refractivity contribution in [1.29, 1.82) is 0 Å². The van der Waals surface area contributed by atoms with Gasteiger partial charge in [0.1, 0.15) is 27.7 Å². The van der Waals surface area contributed by atoms with E-state index in [1.807, 2.05) is 0 Å². The molecule has 0 atom stereocenters. The Hall–Kier alpha value is -2.54. The molecule has 2 heterocycles. The molecule has 21 heavy (non-hydrogen) atoms. The van der Waals surface area contributed by atoms with E-state index in [0.717, 1.165) is 11.3 Å². The highest BCUT2D eigenvalue weighted by molar-refractivity contribution is 7.20. The van der Waals surface area contributed by atoms with E-state index in [1.165, 1.54) is 12.4 Å². The lowest BCUT2D eigenvalue weighted by molar-refractivity contribution is 0.0701. The first-order valence-corrected chi connectivity index (χ1v) is 6.88. The number of para-hydroxylation sites is 1. The quantitative estimate of drug-likeness (QED) is 0.773. The highest BCUT2D eigenvalue weighted by Gasteiger charge is 2.19. The SMILES string of the molecule is Cc1c(C(=O)O)sc2ncnc(Nc3ccccc3F)c12. The zero-order chi connectivity index (χ0) is 15.0. The van der Waals surface area contributed by atoms with Gasteiger partial charge in [0.05, 0.1) is 11.1 Å². The number of benzene rings is 1. The second-order valence-electron chi connectivity index (χ2n) is 4.37. The van der Waals surface area contributed by atoms with E-state index in [2.05, 4.69) is 15.3 Å². The van der Waals surface area contributed by atoms with E-state index in [-0.39, 0.29) is 10.6 Å². The normalized spacial score (nSPS) is 10.8. The van der Waals surface area contributed by atoms with Crippen LogP contribution < -0.4 is 5.32 Å². The minimum Gasteiger partial charge on any atom is -0.477 e. The van der Waals surface area contributed by atoms with E-state index in [9.17, 15) is 14.3 Å². The molecule has 0 radical (unpaired) electrons. The number of halogens is 1. The van der Waals surface area contributed by atoms with Gasteiger partial charge in [-0.05, 0) is 24.6 Å². The second kappa shape index (κ2) is 5.10. The molecule has 2 aromatic heterocycles. The first-order valence-electron chi connectivity index (χ1n) is 6.07. The summed E-state index contributed by atoms with van der Waals surface area (Å²) < 4.78 is 13.7. The molecule has 0 fully saturated rings. The van der Waals surface area contributed by atoms with Crippen molar-refractivity contribution < 1.29 is 14.3 Å². The predicted octanol–water partition coefficient (Wildman–Crippen LogP) is 3.58. The molecule has 0 amide bonds. The number of hydrogen-bond acceptors (Lipinski definition) is 5. The van der Waals surface area contributed by atoms with Gasteiger partial charge >= 0.3 is 5.97 Å². The van der Waals surface area contributed by atoms with Crippen molar-refractivity contribution in [3.05, 3.63) is 46.9 Å². The lowest BCUT2D eigenvalue weighted by Gasteiger charge is -2.07. The molecule has 106 valence electrons. The van der Waals surface area contributed by atoms with E-state index in [1.54, 1.807) is 25.1 Å². The smallest absolute Gasteiger partial charge is 0.346 e. The number of carbonyl (C=O) groups is 1. The van der Waals surface area contributed by atoms with E-state index in [4.69, 9.17) is 0 Å². The summed E-state index contributed by atoms with van der Waals surface area (Å²) in [7, 11) is 0. The van der Waals surface area contributed by atoms with Crippen molar-refractivity contribution in [3.8, 4) is 0 Å². The number of carboxylic acids is 1. The van der Waals surface area contributed by atoms with Crippen molar-refractivity contribution in [3.63, 3.8) is 0 Å². The summed E-state index contributed by atoms with van der Waals surface area (Å²) in [6, 6.07) is 6.22. The number of carboxylic acid groups (broad SMARTS) is 1. The van der Waals surface area contributed by atoms with Gasteiger partial charge < -0.3 is 10.4 Å². The number of aromatic carboxylic acids is 1. The average Bonchev–Trinajstić information content (AvgIpc) is 2.80. The van der Waals surface area contributed by atoms with Crippen LogP contribution in [0.5, 0.6) is 0 Å². The summed E-state index contributed by atoms with van der Waals surface area (Å²) >= 11 is 1.08. The molecule has 2 N–H and O–H groups in total. The monoisotopic (exact) mass is 303 g/mol. The fourth-order valence-electron chi connectivity index (χ4n) is 2.06. The molecule has 3 aromatic rings. The van der Waals surface area contributed by atoms with Crippen molar-refractivity contribution in [1.82, 2.24) is 9.97 Å². The van der Waals surface area contributed by atoms with Crippen LogP contribution in [0.25, 0.3) is 10.2 Å². The van der Waals surface area contributed by atoms with Gasteiger partial charge in [0.25, 0.3) is 0 Å². The lowest BCUT2D eigenvalue weighted by atomic mass is 10.2. The van der Waals surface area contributed by atoms with Crippen LogP contribution in [0.4, 0.5) is 15.9 Å². The first kappa shape index (κ1) is 13.4. The van der Waals surface area contributed by atoms with Crippen LogP contribution in [0.1, 0.15) is 15.2 Å². The second-order valence-corrected chi connectivity index (χ2v) is 5.37. The molecule has 0 unspecified atom stereocenters. The van der Waals surface area contributed by atoms with Crippen LogP contribution in [-0.4, -0.2) is 21.0 Å². The Morgan fingerprint density at radius 3 is 2.81 bits per heavy atom. The standard InChI is InChI=1S/C14H10FN3O2S/c1-7-10-12(18-9-5-3-2-4-8(9)15)16-6-17-13(10)21-11(7)14(19)20/h2-6H,1H3,(H,19,20)(H,16,17,18). The Kier molecular flexibility index (Phi) is 3.26. The number of rotatable bonds is 3. The molecule has 0 saturated carbocycles. The van der Waals surface area contributed by atoms with Gasteiger partial charge in [-0.15, -0.1) is 11.3 Å². The number of hydrogen-bond donors (Lipinski definition) is 2. The molecule has 0 aliphatic heterocycles. The molecule has 0 spiro atoms. The Balaban J connectivity index is 2.15. The molecule has 5 nitrogen and oxygen atoms in total. The van der Waals surface area contributed by atoms with Crippen LogP contribution in [0.2, 0.25) is 0 Å². The van der Waals surface area contributed by atoms with E-state index >= 15 is 0 Å². The number of aryl methyl sites for hydroxylation is 1. The van der Waals surface area contributed by atoms with Crippen molar-refractivity contribution in [2.24, 2.45) is 0 Å². The number of nitrogens with zero attached hydrogens (tertiary/aromatic N) is 2. The highest BCUT2D eigenvalue weighted by atomic mass is 32.1. The summed E-state index contributed by atoms with van der Waals surface area (Å²) in [4.78, 5) is 20.1. The van der Waals surface area contributed by atoms with Gasteiger partial charge in [-0.3, -0.25) is 0 Å². The number of thiophene rings is 1. The summed E-state index contributed by atoms with van der Waals surface area (Å²) in [6.07, 6.45) is 1.33. The van der Waals surface area contributed by atoms with Crippen LogP contribution in [0.15, 0.2) is 30.6 Å². The van der Waals surface area contributed by atoms with Crippen LogP contribution >= 0.6 is 11.3 Å². The summed E-state index contributed by atoms with van der Waals surface area (Å²) in [5.74, 6) is -1.02. The van der Waals surface area contributed by atoms with Gasteiger partial charge in [0.15, 0.2) is 0 Å². The molecule has 0 saturated heterocycles. The zero-order valence-corrected chi connectivity index (χ0v) is 11.7. The molecule has 0 bridgehead atoms. The molecule has 1 aromatic carbocycles. The summed E-state index contributed by atoms with van der Waals surface area (Å²) in [5, 5.41) is 12.7. The number of fused-ring (bicyclic) bond motifs is 1. The fourth-order valence-corrected chi connectivity index (χ4v) is 3.05. The number of aromatic nitrogens is 2. The maximum absolute atomic E-state index is 13.7. The van der Waals surface area contributed by atoms with Crippen molar-refractivity contribution >= 4 is 39.0 Å². The predicted molar refractivity (Wildman–Crippen MR) is 78.8 cm³/mol. The molecule has 7 heteroatoms. The third-order valence-corrected chi connectivity index (χ3v) is 4.24. The van der Waals surface area contributed by atoms with Gasteiger partial charge in [0.2, 0.25) is 0 Å². The molecular weight excluding hydrogens is 293 g/mol. The van der Waals surface area contributed by atoms with Gasteiger partial charge in [0, 0.05) is 0 Å². The maximum Gasteiger partial charge on any atom is 0.346 e. The Bertz CT molecular complexity index is 847. The first-order chi connectivity index (χ1) is 10.1. The minimum absolute atomic E-state index is 0.210. The molecular formula is C14H10FN3O2S. The molecule has 0 aliphatic rings. The summed E-state index contributed by atoms with van der Waals surface area (Å²) in [6.45, 7) is 1.69. The average molecular weight is 303 g/mol. The van der Waals surface area contributed by atoms with E-state index < -0.39 is 11.8 Å². The van der Waals surface area contributed by atoms with Gasteiger partial charge in [-0.1, -0.05) is 12.1 Å². The summed E-state index contributed by atoms with van der Waals surface area (Å²) in [5.41, 5.74) is 0.849. The maximum atomic E-state index is 13.7. The van der Waals surface area contributed by atoms with Crippen molar-refractivity contribution in [2.75, 3.05) is 5.32 Å². The Morgan fingerprint density at radius 2 is 2.10 bits per heavy atom. The molecule has 0 aliphatic carbocycles. The Labute approximate surface area is 123 Å². The van der Waals surface area contributed by atoms with Crippen molar-refractivity contribution in [2.45, 2.75) is 6.92 Å². The number of anilines is 2. The highest BCUT2D eigenvalue weighted by Crippen LogP contribution is 2.34. The Morgan fingerprint density at radius 1 is 1.33 bits per heavy atom. The topological polar surface area (TPSA) is 75.1 Å². The van der Waals surface area contributed by atoms with Crippen LogP contribution in [0.3, 0.4) is 0 Å². The minimum atomic E-state index is -1.01. The lowest BCUT2D eigenvalue weighted by Crippen LogP contribution is -1.98. The van der Waals surface area contributed by atoms with E-state index in [0.29, 0.717) is 21.6 Å².